The molecule has 1 amide bonds. The molecule has 0 unspecified atom stereocenters. The summed E-state index contributed by atoms with van der Waals surface area (Å²) in [6.07, 6.45) is -0.458. The van der Waals surface area contributed by atoms with E-state index in [4.69, 9.17) is 4.74 Å². The van der Waals surface area contributed by atoms with Crippen molar-refractivity contribution >= 4 is 12.1 Å². The molecule has 21 heavy (non-hydrogen) atoms. The molecule has 0 saturated carbocycles. The van der Waals surface area contributed by atoms with Gasteiger partial charge in [0.25, 0.3) is 0 Å². The van der Waals surface area contributed by atoms with Crippen LogP contribution in [0.25, 0.3) is 0 Å². The van der Waals surface area contributed by atoms with Gasteiger partial charge < -0.3 is 14.7 Å². The number of hydrogen-bond acceptors (Lipinski definition) is 3. The van der Waals surface area contributed by atoms with Gasteiger partial charge in [0, 0.05) is 13.1 Å². The monoisotopic (exact) mass is 291 g/mol. The van der Waals surface area contributed by atoms with E-state index in [1.54, 1.807) is 0 Å². The normalized spacial score (nSPS) is 17.0. The number of likely N-dealkylation sites (tertiary alicyclic amines) is 1. The second kappa shape index (κ2) is 5.39. The summed E-state index contributed by atoms with van der Waals surface area (Å²) in [5.74, 6) is -0.859. The maximum Gasteiger partial charge on any atom is 0.410 e. The summed E-state index contributed by atoms with van der Waals surface area (Å²) in [5, 5.41) is 9.45. The van der Waals surface area contributed by atoms with E-state index in [-0.39, 0.29) is 19.7 Å². The van der Waals surface area contributed by atoms with E-state index in [2.05, 4.69) is 0 Å². The highest BCUT2D eigenvalue weighted by Gasteiger charge is 2.58. The van der Waals surface area contributed by atoms with Crippen LogP contribution in [0, 0.1) is 10.8 Å². The van der Waals surface area contributed by atoms with Gasteiger partial charge in [-0.05, 0) is 11.0 Å². The summed E-state index contributed by atoms with van der Waals surface area (Å²) in [6, 6.07) is 9.40. The minimum atomic E-state index is -0.890. The van der Waals surface area contributed by atoms with Gasteiger partial charge in [-0.1, -0.05) is 51.1 Å². The van der Waals surface area contributed by atoms with Crippen molar-refractivity contribution in [1.29, 1.82) is 0 Å². The molecule has 1 aliphatic rings. The van der Waals surface area contributed by atoms with Gasteiger partial charge in [0.1, 0.15) is 12.0 Å². The maximum atomic E-state index is 11.9. The van der Waals surface area contributed by atoms with Gasteiger partial charge in [-0.2, -0.15) is 0 Å². The summed E-state index contributed by atoms with van der Waals surface area (Å²) < 4.78 is 5.21. The zero-order chi connectivity index (χ0) is 15.7. The minimum Gasteiger partial charge on any atom is -0.481 e. The average molecular weight is 291 g/mol. The number of benzene rings is 1. The van der Waals surface area contributed by atoms with Crippen molar-refractivity contribution in [2.24, 2.45) is 10.8 Å². The predicted octanol–water partition coefficient (Wildman–Crippen LogP) is 2.76. The second-order valence-electron chi connectivity index (χ2n) is 6.53. The third kappa shape index (κ3) is 2.86. The highest BCUT2D eigenvalue weighted by Crippen LogP contribution is 2.46. The molecule has 1 heterocycles. The first-order chi connectivity index (χ1) is 9.76. The lowest BCUT2D eigenvalue weighted by molar-refractivity contribution is -0.171. The number of carboxylic acid groups (broad SMARTS) is 1. The smallest absolute Gasteiger partial charge is 0.410 e. The fourth-order valence-corrected chi connectivity index (χ4v) is 2.48. The second-order valence-corrected chi connectivity index (χ2v) is 6.53. The molecule has 1 N–H and O–H groups in total. The quantitative estimate of drug-likeness (QED) is 0.930. The van der Waals surface area contributed by atoms with Crippen molar-refractivity contribution in [3.05, 3.63) is 35.9 Å². The molecule has 2 rings (SSSR count). The molecule has 1 aromatic carbocycles. The molecule has 0 aliphatic carbocycles. The number of carboxylic acids is 1. The molecule has 0 bridgehead atoms. The third-order valence-electron chi connectivity index (χ3n) is 4.23. The fraction of sp³-hybridized carbons (Fsp3) is 0.500. The van der Waals surface area contributed by atoms with Gasteiger partial charge in [0.2, 0.25) is 0 Å². The molecule has 0 spiro atoms. The van der Waals surface area contributed by atoms with E-state index in [0.717, 1.165) is 5.56 Å². The van der Waals surface area contributed by atoms with Crippen molar-refractivity contribution in [3.63, 3.8) is 0 Å². The Labute approximate surface area is 124 Å². The van der Waals surface area contributed by atoms with Gasteiger partial charge >= 0.3 is 12.1 Å². The first-order valence-corrected chi connectivity index (χ1v) is 6.95. The lowest BCUT2D eigenvalue weighted by Gasteiger charge is -2.53. The summed E-state index contributed by atoms with van der Waals surface area (Å²) in [6.45, 7) is 6.24. The van der Waals surface area contributed by atoms with E-state index in [1.807, 2.05) is 51.1 Å². The number of carbonyl (C=O) groups is 2. The molecule has 0 atom stereocenters. The molecular formula is C16H21NO4. The number of nitrogens with zero attached hydrogens (tertiary/aromatic N) is 1. The fourth-order valence-electron chi connectivity index (χ4n) is 2.48. The minimum absolute atomic E-state index is 0.194. The largest absolute Gasteiger partial charge is 0.481 e. The zero-order valence-corrected chi connectivity index (χ0v) is 12.6. The van der Waals surface area contributed by atoms with Crippen LogP contribution in [0.4, 0.5) is 4.79 Å². The van der Waals surface area contributed by atoms with E-state index < -0.39 is 22.9 Å². The van der Waals surface area contributed by atoms with Crippen LogP contribution in [0.5, 0.6) is 0 Å². The Morgan fingerprint density at radius 3 is 2.29 bits per heavy atom. The van der Waals surface area contributed by atoms with Crippen molar-refractivity contribution < 1.29 is 19.4 Å². The van der Waals surface area contributed by atoms with Crippen molar-refractivity contribution in [3.8, 4) is 0 Å². The van der Waals surface area contributed by atoms with Crippen LogP contribution >= 0.6 is 0 Å². The Bertz CT molecular complexity index is 527. The summed E-state index contributed by atoms with van der Waals surface area (Å²) in [5.41, 5.74) is -0.389. The molecule has 5 nitrogen and oxygen atoms in total. The van der Waals surface area contributed by atoms with Crippen LogP contribution in [-0.2, 0) is 16.1 Å². The molecule has 1 aliphatic heterocycles. The SMILES string of the molecule is CC(C)(C)C1(C(=O)O)CN(C(=O)OCc2ccccc2)C1. The molecule has 0 aromatic heterocycles. The Balaban J connectivity index is 1.91. The molecule has 1 aromatic rings. The highest BCUT2D eigenvalue weighted by atomic mass is 16.6. The number of aliphatic carboxylic acids is 1. The molecule has 1 saturated heterocycles. The van der Waals surface area contributed by atoms with E-state index in [0.29, 0.717) is 0 Å². The van der Waals surface area contributed by atoms with Crippen LogP contribution in [0.15, 0.2) is 30.3 Å². The third-order valence-corrected chi connectivity index (χ3v) is 4.23. The molecule has 0 radical (unpaired) electrons. The van der Waals surface area contributed by atoms with Gasteiger partial charge in [-0.15, -0.1) is 0 Å². The molecule has 114 valence electrons. The van der Waals surface area contributed by atoms with Crippen molar-refractivity contribution in [2.45, 2.75) is 27.4 Å². The lowest BCUT2D eigenvalue weighted by Crippen LogP contribution is -2.67. The number of carbonyl (C=O) groups excluding carboxylic acids is 1. The van der Waals surface area contributed by atoms with Crippen molar-refractivity contribution in [1.82, 2.24) is 4.90 Å². The number of amides is 1. The topological polar surface area (TPSA) is 66.8 Å². The summed E-state index contributed by atoms with van der Waals surface area (Å²) in [7, 11) is 0. The van der Waals surface area contributed by atoms with Gasteiger partial charge in [-0.3, -0.25) is 4.79 Å². The average Bonchev–Trinajstić information content (AvgIpc) is 2.34. The number of hydrogen-bond donors (Lipinski definition) is 1. The van der Waals surface area contributed by atoms with Gasteiger partial charge in [0.05, 0.1) is 0 Å². The predicted molar refractivity (Wildman–Crippen MR) is 77.7 cm³/mol. The van der Waals surface area contributed by atoms with Crippen LogP contribution in [-0.4, -0.2) is 35.2 Å². The van der Waals surface area contributed by atoms with Crippen LogP contribution in [0.3, 0.4) is 0 Å². The molecule has 5 heteroatoms. The van der Waals surface area contributed by atoms with Crippen molar-refractivity contribution in [2.75, 3.05) is 13.1 Å². The number of rotatable bonds is 3. The molecule has 1 fully saturated rings. The Morgan fingerprint density at radius 1 is 1.24 bits per heavy atom. The first kappa shape index (κ1) is 15.4. The first-order valence-electron chi connectivity index (χ1n) is 6.95. The zero-order valence-electron chi connectivity index (χ0n) is 12.6. The van der Waals surface area contributed by atoms with E-state index in [9.17, 15) is 14.7 Å². The van der Waals surface area contributed by atoms with Crippen LogP contribution < -0.4 is 0 Å². The van der Waals surface area contributed by atoms with Crippen LogP contribution in [0.2, 0.25) is 0 Å². The summed E-state index contributed by atoms with van der Waals surface area (Å²) >= 11 is 0. The Kier molecular flexibility index (Phi) is 3.94. The Morgan fingerprint density at radius 2 is 1.81 bits per heavy atom. The van der Waals surface area contributed by atoms with E-state index in [1.165, 1.54) is 4.90 Å². The van der Waals surface area contributed by atoms with Crippen LogP contribution in [0.1, 0.15) is 26.3 Å². The maximum absolute atomic E-state index is 11.9. The van der Waals surface area contributed by atoms with Gasteiger partial charge in [-0.25, -0.2) is 4.79 Å². The Hall–Kier alpha value is -2.04. The standard InChI is InChI=1S/C16H21NO4/c1-15(2,3)16(13(18)19)10-17(11-16)14(20)21-9-12-7-5-4-6-8-12/h4-8H,9-11H2,1-3H3,(H,18,19). The highest BCUT2D eigenvalue weighted by molar-refractivity contribution is 5.81. The van der Waals surface area contributed by atoms with E-state index >= 15 is 0 Å². The number of ether oxygens (including phenoxy) is 1. The van der Waals surface area contributed by atoms with Gasteiger partial charge in [0.15, 0.2) is 0 Å². The summed E-state index contributed by atoms with van der Waals surface area (Å²) in [4.78, 5) is 24.9. The molecular weight excluding hydrogens is 270 g/mol. The lowest BCUT2D eigenvalue weighted by atomic mass is 9.62.